The normalized spacial score (nSPS) is 18.4. The van der Waals surface area contributed by atoms with E-state index in [4.69, 9.17) is 9.47 Å². The quantitative estimate of drug-likeness (QED) is 0.868. The van der Waals surface area contributed by atoms with Gasteiger partial charge in [0.1, 0.15) is 0 Å². The summed E-state index contributed by atoms with van der Waals surface area (Å²) in [6.45, 7) is 1.84. The van der Waals surface area contributed by atoms with Crippen molar-refractivity contribution in [3.8, 4) is 5.88 Å². The molecule has 0 unspecified atom stereocenters. The zero-order valence-corrected chi connectivity index (χ0v) is 10.9. The molecule has 1 saturated heterocycles. The minimum Gasteiger partial charge on any atom is -0.481 e. The third kappa shape index (κ3) is 3.11. The van der Waals surface area contributed by atoms with Gasteiger partial charge in [0.2, 0.25) is 5.88 Å². The molecule has 5 nitrogen and oxygen atoms in total. The Morgan fingerprint density at radius 3 is 2.89 bits per heavy atom. The van der Waals surface area contributed by atoms with Crippen molar-refractivity contribution < 1.29 is 14.6 Å². The number of nitrogens with zero attached hydrogens (tertiary/aromatic N) is 2. The number of likely N-dealkylation sites (N-methyl/N-ethyl adjacent to an activating group) is 1. The van der Waals surface area contributed by atoms with Crippen molar-refractivity contribution in [2.24, 2.45) is 0 Å². The molecule has 0 amide bonds. The van der Waals surface area contributed by atoms with Crippen LogP contribution in [0.5, 0.6) is 5.88 Å². The fourth-order valence-corrected chi connectivity index (χ4v) is 2.19. The SMILES string of the molecule is COc1cc(N(C)CC2(O)CCOCC2)ccn1. The van der Waals surface area contributed by atoms with E-state index in [-0.39, 0.29) is 0 Å². The van der Waals surface area contributed by atoms with Gasteiger partial charge in [0, 0.05) is 57.6 Å². The molecule has 1 aromatic heterocycles. The number of hydrogen-bond donors (Lipinski definition) is 1. The standard InChI is InChI=1S/C13H20N2O3/c1-15(10-13(16)4-7-18-8-5-13)11-3-6-14-12(9-11)17-2/h3,6,9,16H,4-5,7-8,10H2,1-2H3. The molecule has 0 aromatic carbocycles. The molecule has 0 aliphatic carbocycles. The smallest absolute Gasteiger partial charge is 0.214 e. The van der Waals surface area contributed by atoms with E-state index in [1.807, 2.05) is 24.1 Å². The van der Waals surface area contributed by atoms with Crippen molar-refractivity contribution in [1.82, 2.24) is 4.98 Å². The number of aromatic nitrogens is 1. The Labute approximate surface area is 107 Å². The second-order valence-electron chi connectivity index (χ2n) is 4.75. The monoisotopic (exact) mass is 252 g/mol. The summed E-state index contributed by atoms with van der Waals surface area (Å²) in [5.74, 6) is 0.582. The molecule has 18 heavy (non-hydrogen) atoms. The van der Waals surface area contributed by atoms with Crippen molar-refractivity contribution in [2.75, 3.05) is 38.8 Å². The summed E-state index contributed by atoms with van der Waals surface area (Å²) in [4.78, 5) is 6.10. The minimum absolute atomic E-state index is 0.582. The number of pyridine rings is 1. The Morgan fingerprint density at radius 2 is 2.22 bits per heavy atom. The zero-order chi connectivity index (χ0) is 13.0. The van der Waals surface area contributed by atoms with Gasteiger partial charge in [-0.15, -0.1) is 0 Å². The first kappa shape index (κ1) is 13.1. The molecular formula is C13H20N2O3. The van der Waals surface area contributed by atoms with Crippen molar-refractivity contribution in [3.05, 3.63) is 18.3 Å². The molecule has 0 atom stereocenters. The highest BCUT2D eigenvalue weighted by atomic mass is 16.5. The van der Waals surface area contributed by atoms with Gasteiger partial charge in [-0.05, 0) is 6.07 Å². The summed E-state index contributed by atoms with van der Waals surface area (Å²) < 4.78 is 10.4. The van der Waals surface area contributed by atoms with Crippen LogP contribution >= 0.6 is 0 Å². The maximum Gasteiger partial charge on any atom is 0.214 e. The lowest BCUT2D eigenvalue weighted by molar-refractivity contribution is -0.0572. The van der Waals surface area contributed by atoms with Gasteiger partial charge in [-0.1, -0.05) is 0 Å². The molecule has 100 valence electrons. The van der Waals surface area contributed by atoms with Gasteiger partial charge >= 0.3 is 0 Å². The average Bonchev–Trinajstić information content (AvgIpc) is 2.39. The molecule has 1 aromatic rings. The molecule has 1 N–H and O–H groups in total. The van der Waals surface area contributed by atoms with Crippen LogP contribution in [0, 0.1) is 0 Å². The lowest BCUT2D eigenvalue weighted by Crippen LogP contribution is -2.45. The minimum atomic E-state index is -0.663. The van der Waals surface area contributed by atoms with Crippen LogP contribution < -0.4 is 9.64 Å². The molecule has 0 radical (unpaired) electrons. The predicted octanol–water partition coefficient (Wildman–Crippen LogP) is 1.07. The van der Waals surface area contributed by atoms with Crippen LogP contribution in [-0.4, -0.2) is 49.6 Å². The van der Waals surface area contributed by atoms with Crippen LogP contribution in [0.2, 0.25) is 0 Å². The van der Waals surface area contributed by atoms with Gasteiger partial charge in [0.05, 0.1) is 12.7 Å². The van der Waals surface area contributed by atoms with E-state index < -0.39 is 5.60 Å². The molecular weight excluding hydrogens is 232 g/mol. The maximum absolute atomic E-state index is 10.5. The van der Waals surface area contributed by atoms with Crippen molar-refractivity contribution in [1.29, 1.82) is 0 Å². The van der Waals surface area contributed by atoms with Crippen LogP contribution in [-0.2, 0) is 4.74 Å². The van der Waals surface area contributed by atoms with E-state index in [1.165, 1.54) is 0 Å². The lowest BCUT2D eigenvalue weighted by atomic mass is 9.94. The van der Waals surface area contributed by atoms with E-state index >= 15 is 0 Å². The Bertz CT molecular complexity index is 392. The summed E-state index contributed by atoms with van der Waals surface area (Å²) in [6, 6.07) is 3.77. The van der Waals surface area contributed by atoms with Crippen LogP contribution in [0.25, 0.3) is 0 Å². The topological polar surface area (TPSA) is 54.8 Å². The van der Waals surface area contributed by atoms with E-state index in [9.17, 15) is 5.11 Å². The Kier molecular flexibility index (Phi) is 4.04. The number of ether oxygens (including phenoxy) is 2. The summed E-state index contributed by atoms with van der Waals surface area (Å²) in [5, 5.41) is 10.5. The van der Waals surface area contributed by atoms with E-state index in [0.717, 1.165) is 5.69 Å². The van der Waals surface area contributed by atoms with Gasteiger partial charge < -0.3 is 19.5 Å². The first-order valence-corrected chi connectivity index (χ1v) is 6.14. The molecule has 2 heterocycles. The highest BCUT2D eigenvalue weighted by molar-refractivity contribution is 5.47. The largest absolute Gasteiger partial charge is 0.481 e. The fourth-order valence-electron chi connectivity index (χ4n) is 2.19. The second kappa shape index (κ2) is 5.54. The fraction of sp³-hybridized carbons (Fsp3) is 0.615. The summed E-state index contributed by atoms with van der Waals surface area (Å²) >= 11 is 0. The first-order valence-electron chi connectivity index (χ1n) is 6.14. The highest BCUT2D eigenvalue weighted by Crippen LogP contribution is 2.25. The molecule has 0 saturated carbocycles. The molecule has 5 heteroatoms. The molecule has 0 spiro atoms. The molecule has 1 aliphatic rings. The zero-order valence-electron chi connectivity index (χ0n) is 10.9. The van der Waals surface area contributed by atoms with Gasteiger partial charge in [-0.2, -0.15) is 0 Å². The van der Waals surface area contributed by atoms with E-state index in [0.29, 0.717) is 38.5 Å². The van der Waals surface area contributed by atoms with Crippen LogP contribution in [0.15, 0.2) is 18.3 Å². The Balaban J connectivity index is 2.03. The van der Waals surface area contributed by atoms with Gasteiger partial charge in [-0.25, -0.2) is 4.98 Å². The van der Waals surface area contributed by atoms with Crippen LogP contribution in [0.4, 0.5) is 5.69 Å². The third-order valence-electron chi connectivity index (χ3n) is 3.32. The number of aliphatic hydroxyl groups is 1. The molecule has 0 bridgehead atoms. The summed E-state index contributed by atoms with van der Waals surface area (Å²) in [6.07, 6.45) is 3.07. The number of hydrogen-bond acceptors (Lipinski definition) is 5. The molecule has 1 aliphatic heterocycles. The van der Waals surface area contributed by atoms with E-state index in [1.54, 1.807) is 13.3 Å². The predicted molar refractivity (Wildman–Crippen MR) is 69.1 cm³/mol. The van der Waals surface area contributed by atoms with Crippen LogP contribution in [0.3, 0.4) is 0 Å². The van der Waals surface area contributed by atoms with Crippen LogP contribution in [0.1, 0.15) is 12.8 Å². The first-order chi connectivity index (χ1) is 8.63. The van der Waals surface area contributed by atoms with Crippen molar-refractivity contribution in [2.45, 2.75) is 18.4 Å². The van der Waals surface area contributed by atoms with E-state index in [2.05, 4.69) is 4.98 Å². The average molecular weight is 252 g/mol. The summed E-state index contributed by atoms with van der Waals surface area (Å²) in [5.41, 5.74) is 0.325. The lowest BCUT2D eigenvalue weighted by Gasteiger charge is -2.36. The highest BCUT2D eigenvalue weighted by Gasteiger charge is 2.31. The Hall–Kier alpha value is -1.33. The van der Waals surface area contributed by atoms with Crippen molar-refractivity contribution in [3.63, 3.8) is 0 Å². The van der Waals surface area contributed by atoms with Crippen molar-refractivity contribution >= 4 is 5.69 Å². The summed E-state index contributed by atoms with van der Waals surface area (Å²) in [7, 11) is 3.56. The molecule has 2 rings (SSSR count). The number of methoxy groups -OCH3 is 1. The van der Waals surface area contributed by atoms with Gasteiger partial charge in [0.15, 0.2) is 0 Å². The second-order valence-corrected chi connectivity index (χ2v) is 4.75. The number of anilines is 1. The van der Waals surface area contributed by atoms with Gasteiger partial charge in [-0.3, -0.25) is 0 Å². The third-order valence-corrected chi connectivity index (χ3v) is 3.32. The van der Waals surface area contributed by atoms with Gasteiger partial charge in [0.25, 0.3) is 0 Å². The maximum atomic E-state index is 10.5. The number of rotatable bonds is 4. The molecule has 1 fully saturated rings. The Morgan fingerprint density at radius 1 is 1.50 bits per heavy atom.